The molecular formula is C21H22ClN3O5. The van der Waals surface area contributed by atoms with Gasteiger partial charge in [-0.2, -0.15) is 4.98 Å². The minimum atomic E-state index is -0.694. The molecule has 0 aliphatic rings. The van der Waals surface area contributed by atoms with Crippen LogP contribution in [0, 0.1) is 0 Å². The molecule has 9 heteroatoms. The highest BCUT2D eigenvalue weighted by atomic mass is 35.5. The first-order valence-corrected chi connectivity index (χ1v) is 9.51. The van der Waals surface area contributed by atoms with Crippen LogP contribution < -0.4 is 14.2 Å². The number of hydrogen-bond acceptors (Lipinski definition) is 7. The molecule has 1 heterocycles. The molecule has 3 aromatic rings. The quantitative estimate of drug-likeness (QED) is 0.535. The molecule has 1 aromatic heterocycles. The highest BCUT2D eigenvalue weighted by molar-refractivity contribution is 6.30. The fraction of sp³-hybridized carbons (Fsp3) is 0.286. The summed E-state index contributed by atoms with van der Waals surface area (Å²) in [4.78, 5) is 18.5. The van der Waals surface area contributed by atoms with Crippen molar-refractivity contribution in [3.63, 3.8) is 0 Å². The van der Waals surface area contributed by atoms with Gasteiger partial charge in [0.15, 0.2) is 6.10 Å². The van der Waals surface area contributed by atoms with Crippen LogP contribution >= 0.6 is 11.6 Å². The first-order chi connectivity index (χ1) is 14.4. The third kappa shape index (κ3) is 5.01. The molecule has 0 radical (unpaired) electrons. The van der Waals surface area contributed by atoms with Gasteiger partial charge in [0.05, 0.1) is 26.3 Å². The number of rotatable bonds is 8. The maximum Gasteiger partial charge on any atom is 0.263 e. The van der Waals surface area contributed by atoms with Gasteiger partial charge in [0.1, 0.15) is 17.2 Å². The summed E-state index contributed by atoms with van der Waals surface area (Å²) >= 11 is 5.86. The van der Waals surface area contributed by atoms with Crippen molar-refractivity contribution in [3.05, 3.63) is 53.4 Å². The minimum Gasteiger partial charge on any atom is -0.497 e. The summed E-state index contributed by atoms with van der Waals surface area (Å²) in [5.41, 5.74) is 0.654. The maximum atomic E-state index is 12.6. The Hall–Kier alpha value is -3.26. The monoisotopic (exact) mass is 431 g/mol. The highest BCUT2D eigenvalue weighted by Crippen LogP contribution is 2.31. The number of methoxy groups -OCH3 is 2. The van der Waals surface area contributed by atoms with E-state index in [1.165, 1.54) is 4.90 Å². The molecule has 0 unspecified atom stereocenters. The Balaban J connectivity index is 1.66. The van der Waals surface area contributed by atoms with Crippen LogP contribution in [0.25, 0.3) is 11.4 Å². The largest absolute Gasteiger partial charge is 0.497 e. The molecule has 0 spiro atoms. The smallest absolute Gasteiger partial charge is 0.263 e. The van der Waals surface area contributed by atoms with Crippen LogP contribution in [0.4, 0.5) is 0 Å². The van der Waals surface area contributed by atoms with Crippen LogP contribution in [0.15, 0.2) is 47.0 Å². The molecule has 158 valence electrons. The van der Waals surface area contributed by atoms with E-state index in [0.717, 1.165) is 0 Å². The lowest BCUT2D eigenvalue weighted by Gasteiger charge is -2.20. The van der Waals surface area contributed by atoms with Crippen LogP contribution in [0.3, 0.4) is 0 Å². The van der Waals surface area contributed by atoms with Gasteiger partial charge in [-0.15, -0.1) is 0 Å². The molecule has 8 nitrogen and oxygen atoms in total. The fourth-order valence-electron chi connectivity index (χ4n) is 2.77. The first kappa shape index (κ1) is 21.4. The van der Waals surface area contributed by atoms with Gasteiger partial charge >= 0.3 is 0 Å². The Bertz CT molecular complexity index is 1010. The van der Waals surface area contributed by atoms with Gasteiger partial charge in [-0.1, -0.05) is 16.8 Å². The molecule has 0 N–H and O–H groups in total. The molecule has 30 heavy (non-hydrogen) atoms. The molecule has 0 fully saturated rings. The summed E-state index contributed by atoms with van der Waals surface area (Å²) in [5.74, 6) is 2.18. The van der Waals surface area contributed by atoms with Crippen LogP contribution in [0.2, 0.25) is 5.02 Å². The van der Waals surface area contributed by atoms with Crippen LogP contribution in [-0.4, -0.2) is 48.3 Å². The molecule has 0 saturated heterocycles. The van der Waals surface area contributed by atoms with Crippen LogP contribution in [0.5, 0.6) is 17.2 Å². The maximum absolute atomic E-state index is 12.6. The molecule has 0 aliphatic heterocycles. The lowest BCUT2D eigenvalue weighted by molar-refractivity contribution is -0.137. The molecule has 1 atom stereocenters. The van der Waals surface area contributed by atoms with Gasteiger partial charge in [-0.05, 0) is 43.3 Å². The lowest BCUT2D eigenvalue weighted by Crippen LogP contribution is -2.37. The van der Waals surface area contributed by atoms with E-state index in [1.807, 2.05) is 0 Å². The van der Waals surface area contributed by atoms with E-state index in [-0.39, 0.29) is 18.3 Å². The normalized spacial score (nSPS) is 11.6. The van der Waals surface area contributed by atoms with Gasteiger partial charge in [-0.25, -0.2) is 0 Å². The summed E-state index contributed by atoms with van der Waals surface area (Å²) in [7, 11) is 4.76. The molecule has 3 rings (SSSR count). The van der Waals surface area contributed by atoms with E-state index >= 15 is 0 Å². The van der Waals surface area contributed by atoms with Crippen LogP contribution in [-0.2, 0) is 11.3 Å². The second-order valence-electron chi connectivity index (χ2n) is 6.49. The van der Waals surface area contributed by atoms with Crippen molar-refractivity contribution in [2.24, 2.45) is 0 Å². The zero-order valence-electron chi connectivity index (χ0n) is 17.1. The van der Waals surface area contributed by atoms with Crippen molar-refractivity contribution < 1.29 is 23.5 Å². The highest BCUT2D eigenvalue weighted by Gasteiger charge is 2.22. The Morgan fingerprint density at radius 3 is 2.50 bits per heavy atom. The standard InChI is InChI=1S/C21H22ClN3O5/c1-13(29-15-7-5-14(22)6-8-15)21(26)25(2)12-19-23-20(24-30-19)17-10-9-16(27-3)11-18(17)28-4/h5-11,13H,12H2,1-4H3/t13-/m0/s1. The van der Waals surface area contributed by atoms with Gasteiger partial charge < -0.3 is 23.6 Å². The Labute approximate surface area is 179 Å². The fourth-order valence-corrected chi connectivity index (χ4v) is 2.90. The second kappa shape index (κ2) is 9.49. The summed E-state index contributed by atoms with van der Waals surface area (Å²) in [6.07, 6.45) is -0.694. The number of benzene rings is 2. The molecule has 0 saturated carbocycles. The number of amides is 1. The molecule has 1 amide bonds. The minimum absolute atomic E-state index is 0.138. The molecule has 0 bridgehead atoms. The van der Waals surface area contributed by atoms with Gasteiger partial charge in [0.2, 0.25) is 11.7 Å². The van der Waals surface area contributed by atoms with E-state index in [2.05, 4.69) is 10.1 Å². The van der Waals surface area contributed by atoms with E-state index in [9.17, 15) is 4.79 Å². The van der Waals surface area contributed by atoms with Crippen molar-refractivity contribution in [1.29, 1.82) is 0 Å². The number of halogens is 1. The molecule has 0 aliphatic carbocycles. The Morgan fingerprint density at radius 1 is 1.13 bits per heavy atom. The van der Waals surface area contributed by atoms with E-state index < -0.39 is 6.10 Å². The van der Waals surface area contributed by atoms with E-state index in [0.29, 0.717) is 33.7 Å². The summed E-state index contributed by atoms with van der Waals surface area (Å²) < 4.78 is 21.6. The van der Waals surface area contributed by atoms with Gasteiger partial charge in [0, 0.05) is 18.1 Å². The second-order valence-corrected chi connectivity index (χ2v) is 6.92. The van der Waals surface area contributed by atoms with Gasteiger partial charge in [0.25, 0.3) is 5.91 Å². The number of nitrogens with zero attached hydrogens (tertiary/aromatic N) is 3. The zero-order valence-corrected chi connectivity index (χ0v) is 17.8. The van der Waals surface area contributed by atoms with Crippen molar-refractivity contribution in [2.75, 3.05) is 21.3 Å². The van der Waals surface area contributed by atoms with Crippen molar-refractivity contribution >= 4 is 17.5 Å². The average Bonchev–Trinajstić information content (AvgIpc) is 3.22. The van der Waals surface area contributed by atoms with Crippen LogP contribution in [0.1, 0.15) is 12.8 Å². The summed E-state index contributed by atoms with van der Waals surface area (Å²) in [6.45, 7) is 1.81. The molecular weight excluding hydrogens is 410 g/mol. The molecule has 2 aromatic carbocycles. The SMILES string of the molecule is COc1ccc(-c2noc(CN(C)C(=O)[C@H](C)Oc3ccc(Cl)cc3)n2)c(OC)c1. The van der Waals surface area contributed by atoms with Gasteiger partial charge in [-0.3, -0.25) is 4.79 Å². The number of likely N-dealkylation sites (N-methyl/N-ethyl adjacent to an activating group) is 1. The first-order valence-electron chi connectivity index (χ1n) is 9.13. The number of aromatic nitrogens is 2. The number of carbonyl (C=O) groups is 1. The topological polar surface area (TPSA) is 86.9 Å². The number of ether oxygens (including phenoxy) is 3. The van der Waals surface area contributed by atoms with Crippen molar-refractivity contribution in [1.82, 2.24) is 15.0 Å². The Kier molecular flexibility index (Phi) is 6.79. The lowest BCUT2D eigenvalue weighted by atomic mass is 10.2. The zero-order chi connectivity index (χ0) is 21.7. The third-order valence-corrected chi connectivity index (χ3v) is 4.59. The Morgan fingerprint density at radius 2 is 1.83 bits per heavy atom. The predicted molar refractivity (Wildman–Crippen MR) is 111 cm³/mol. The number of hydrogen-bond donors (Lipinski definition) is 0. The third-order valence-electron chi connectivity index (χ3n) is 4.34. The van der Waals surface area contributed by atoms with Crippen molar-refractivity contribution in [2.45, 2.75) is 19.6 Å². The summed E-state index contributed by atoms with van der Waals surface area (Å²) in [6, 6.07) is 12.1. The number of carbonyl (C=O) groups excluding carboxylic acids is 1. The summed E-state index contributed by atoms with van der Waals surface area (Å²) in [5, 5.41) is 4.59. The van der Waals surface area contributed by atoms with E-state index in [1.54, 1.807) is 70.7 Å². The average molecular weight is 432 g/mol. The predicted octanol–water partition coefficient (Wildman–Crippen LogP) is 3.83. The van der Waals surface area contributed by atoms with Crippen molar-refractivity contribution in [3.8, 4) is 28.6 Å². The van der Waals surface area contributed by atoms with E-state index in [4.69, 9.17) is 30.3 Å².